The van der Waals surface area contributed by atoms with Crippen LogP contribution in [0.15, 0.2) is 22.1 Å². The van der Waals surface area contributed by atoms with E-state index in [-0.39, 0.29) is 71.4 Å². The Morgan fingerprint density at radius 1 is 0.549 bits per heavy atom. The minimum absolute atomic E-state index is 0. The standard InChI is InChI=1S/C73H131N3O34S.2Na/c1-5-7-9-11-13-15-17-19-20-22-24-26-28-30-32-34-52(86)76-44(45(83)33-31-29-27-25-23-21-18-16-14-12-10-8-6-2)40-100-69-60(92)58(90)64(49(38-79)103-69)107-70-61(93)59(91)63(50(39-80)104-70)106-68-54(75-43(4)82)65(57(89)51(105-68)41-101-111(97,98)99)108-71-62(94)67(56(88)48(37-78)102-71)110-73(72(95)96)35-46(84)53(74-42(3)81)66(109-73)55(87)47(85)36-77;;/h31,33,44-51,53-71,77-80,83-85,87-94H,5-30,32,34-41H2,1-4H3,(H,74,81)(H,75,82)(H,76,86)(H,95,96)(H,97,98,99);;/q;2*+1/p-2/b33-31-;;/t44-,45+,46+,47+,48+,49-,50-,51+,53-,54+,55+,56-,57+,58+,59+,60+,61+,62-,63-,64+,65-,66+,67+,68+,69+,70-,71-,73+;;/m1../s1. The normalized spacial score (nSPS) is 33.8. The Bertz CT molecular complexity index is 2810. The van der Waals surface area contributed by atoms with Gasteiger partial charge in [-0.1, -0.05) is 180 Å². The number of aliphatic carboxylic acids is 1. The number of carboxylic acid groups (broad SMARTS) is 1. The maximum absolute atomic E-state index is 13.5. The van der Waals surface area contributed by atoms with Gasteiger partial charge in [-0.05, 0) is 44.9 Å². The second-order valence-corrected chi connectivity index (χ2v) is 30.7. The number of hydrogen-bond acceptors (Lipinski definition) is 34. The van der Waals surface area contributed by atoms with Gasteiger partial charge in [0.05, 0.1) is 57.9 Å². The predicted octanol–water partition coefficient (Wildman–Crippen LogP) is -7.92. The summed E-state index contributed by atoms with van der Waals surface area (Å²) in [5.41, 5.74) is 0. The van der Waals surface area contributed by atoms with Crippen LogP contribution in [-0.4, -0.2) is 329 Å². The average Bonchev–Trinajstić information content (AvgIpc) is 0.749. The first-order valence-corrected chi connectivity index (χ1v) is 41.0. The number of nitrogens with one attached hydrogen (secondary N) is 1. The zero-order chi connectivity index (χ0) is 82.0. The fourth-order valence-electron chi connectivity index (χ4n) is 14.3. The van der Waals surface area contributed by atoms with Crippen LogP contribution < -0.4 is 74.6 Å². The van der Waals surface area contributed by atoms with E-state index in [1.54, 1.807) is 6.08 Å². The fourth-order valence-corrected chi connectivity index (χ4v) is 14.6. The molecule has 0 aromatic rings. The van der Waals surface area contributed by atoms with E-state index in [2.05, 4.69) is 33.3 Å². The molecule has 5 aliphatic heterocycles. The van der Waals surface area contributed by atoms with E-state index in [0.29, 0.717) is 12.8 Å². The number of hydrogen-bond donors (Lipinski definition) is 18. The van der Waals surface area contributed by atoms with E-state index in [9.17, 15) is 114 Å². The number of rotatable bonds is 54. The largest absolute Gasteiger partial charge is 1.00 e. The summed E-state index contributed by atoms with van der Waals surface area (Å²) in [4.78, 5) is 34.3. The van der Waals surface area contributed by atoms with Crippen LogP contribution >= 0.6 is 0 Å². The summed E-state index contributed by atoms with van der Waals surface area (Å²) >= 11 is 0. The third-order valence-electron chi connectivity index (χ3n) is 20.6. The first-order chi connectivity index (χ1) is 52.9. The van der Waals surface area contributed by atoms with Crippen molar-refractivity contribution in [3.05, 3.63) is 12.2 Å². The average molecular weight is 1670 g/mol. The van der Waals surface area contributed by atoms with E-state index in [1.165, 1.54) is 109 Å². The van der Waals surface area contributed by atoms with Crippen molar-refractivity contribution in [3.63, 3.8) is 0 Å². The zero-order valence-electron chi connectivity index (χ0n) is 66.3. The molecule has 5 aliphatic rings. The summed E-state index contributed by atoms with van der Waals surface area (Å²) in [6.45, 7) is -0.219. The molecule has 0 bridgehead atoms. The molecule has 0 saturated carbocycles. The van der Waals surface area contributed by atoms with Gasteiger partial charge in [-0.2, -0.15) is 8.42 Å². The van der Waals surface area contributed by atoms with Gasteiger partial charge >= 0.3 is 75.5 Å². The zero-order valence-corrected chi connectivity index (χ0v) is 71.2. The summed E-state index contributed by atoms with van der Waals surface area (Å²) in [6.07, 6.45) is -18.3. The van der Waals surface area contributed by atoms with Crippen molar-refractivity contribution < 1.29 is 225 Å². The maximum atomic E-state index is 13.5. The summed E-state index contributed by atoms with van der Waals surface area (Å²) in [7, 11) is -5.41. The number of carbonyl (C=O) groups excluding carboxylic acids is 1. The molecule has 37 nitrogen and oxygen atoms in total. The number of unbranched alkanes of at least 4 members (excludes halogenated alkanes) is 25. The number of carbonyl (C=O) groups is 2. The molecule has 5 heterocycles. The van der Waals surface area contributed by atoms with Crippen molar-refractivity contribution in [2.24, 2.45) is 9.98 Å². The van der Waals surface area contributed by atoms with Crippen LogP contribution in [0.2, 0.25) is 0 Å². The molecule has 28 atom stereocenters. The SMILES string of the molecule is CCCCCCCCCCCCC/C=C\[C@H](O)[C@@H](CO[C@H]1O[C@H](CO)[C@H](O[C@H]2O[C@H](CO)[C@@H](O[C@@H]3O[C@@H](COS(=O)(=O)O)[C@H](O)[C@H](O[C@H]4O[C@@H](CO)[C@@H](O)[C@H](O[C@]5(C(=O)O)C[C@H](O)[C@@H](N=C(C)[O-])[C@@H]([C@@H](O)[C@@H](O)CO)O5)[C@H]4O)[C@@H]3N=C(C)[O-])[C@@H](O)[C@@H]2O)[C@@H](O)[C@@H]1O)NC(=O)CCCCCCCCCCCCCCCCC.[Na+].[Na+]. The quantitative estimate of drug-likeness (QED) is 0.00672. The first-order valence-electron chi connectivity index (χ1n) is 39.6. The Balaban J connectivity index is 0.0000165. The molecular formula is C73H129N3Na2O34S. The number of aliphatic hydroxyl groups is 15. The monoisotopic (exact) mass is 1670 g/mol. The van der Waals surface area contributed by atoms with Gasteiger partial charge in [0.1, 0.15) is 122 Å². The van der Waals surface area contributed by atoms with E-state index in [0.717, 1.165) is 65.2 Å². The molecule has 0 aromatic heterocycles. The molecule has 5 saturated heterocycles. The molecule has 5 rings (SSSR count). The number of aliphatic hydroxyl groups excluding tert-OH is 15. The minimum Gasteiger partial charge on any atom is -0.862 e. The fraction of sp³-hybridized carbons (Fsp3) is 0.918. The van der Waals surface area contributed by atoms with Crippen molar-refractivity contribution in [3.8, 4) is 0 Å². The number of ether oxygens (including phenoxy) is 10. The molecule has 113 heavy (non-hydrogen) atoms. The van der Waals surface area contributed by atoms with Gasteiger partial charge in [0, 0.05) is 12.8 Å². The van der Waals surface area contributed by atoms with Crippen molar-refractivity contribution in [1.82, 2.24) is 5.32 Å². The van der Waals surface area contributed by atoms with Crippen LogP contribution in [-0.2, 0) is 71.5 Å². The Hall–Kier alpha value is -1.51. The van der Waals surface area contributed by atoms with Gasteiger partial charge in [0.2, 0.25) is 5.91 Å². The molecular weight excluding hydrogens is 1540 g/mol. The number of nitrogens with zero attached hydrogens (tertiary/aromatic N) is 2. The second-order valence-electron chi connectivity index (χ2n) is 29.6. The second kappa shape index (κ2) is 55.5. The predicted molar refractivity (Wildman–Crippen MR) is 387 cm³/mol. The molecule has 648 valence electrons. The number of allylic oxidation sites excluding steroid dienone is 1. The van der Waals surface area contributed by atoms with Crippen molar-refractivity contribution in [2.45, 2.75) is 385 Å². The minimum atomic E-state index is -5.41. The van der Waals surface area contributed by atoms with Crippen LogP contribution in [0.25, 0.3) is 0 Å². The van der Waals surface area contributed by atoms with Crippen LogP contribution in [0, 0.1) is 0 Å². The molecule has 0 aliphatic carbocycles. The van der Waals surface area contributed by atoms with Gasteiger partial charge in [-0.25, -0.2) is 8.98 Å². The van der Waals surface area contributed by atoms with Crippen LogP contribution in [0.1, 0.15) is 214 Å². The third kappa shape index (κ3) is 34.4. The smallest absolute Gasteiger partial charge is 0.862 e. The topological polar surface area (TPSA) is 597 Å². The van der Waals surface area contributed by atoms with Gasteiger partial charge < -0.3 is 145 Å². The van der Waals surface area contributed by atoms with E-state index in [4.69, 9.17) is 47.4 Å². The summed E-state index contributed by atoms with van der Waals surface area (Å²) in [5, 5.41) is 207. The van der Waals surface area contributed by atoms with E-state index < -0.39 is 245 Å². The van der Waals surface area contributed by atoms with Gasteiger partial charge in [-0.15, -0.1) is 0 Å². The Kier molecular flexibility index (Phi) is 51.9. The Morgan fingerprint density at radius 3 is 1.45 bits per heavy atom. The summed E-state index contributed by atoms with van der Waals surface area (Å²) < 4.78 is 96.5. The summed E-state index contributed by atoms with van der Waals surface area (Å²) in [6, 6.07) is -5.10. The molecule has 18 N–H and O–H groups in total. The first kappa shape index (κ1) is 106. The van der Waals surface area contributed by atoms with E-state index >= 15 is 0 Å². The molecule has 0 radical (unpaired) electrons. The van der Waals surface area contributed by atoms with Gasteiger partial charge in [0.25, 0.3) is 5.79 Å². The van der Waals surface area contributed by atoms with Crippen LogP contribution in [0.4, 0.5) is 0 Å². The van der Waals surface area contributed by atoms with Crippen molar-refractivity contribution in [2.75, 3.05) is 39.6 Å². The van der Waals surface area contributed by atoms with Crippen molar-refractivity contribution >= 4 is 34.1 Å². The van der Waals surface area contributed by atoms with Crippen molar-refractivity contribution in [1.29, 1.82) is 0 Å². The van der Waals surface area contributed by atoms with Crippen LogP contribution in [0.5, 0.6) is 0 Å². The molecule has 0 aromatic carbocycles. The number of carboxylic acids is 1. The molecule has 0 unspecified atom stereocenters. The summed E-state index contributed by atoms with van der Waals surface area (Å²) in [5.74, 6) is -7.94. The molecule has 5 fully saturated rings. The van der Waals surface area contributed by atoms with Gasteiger partial charge in [0.15, 0.2) is 25.2 Å². The maximum Gasteiger partial charge on any atom is 1.00 e. The Labute approximate surface area is 706 Å². The van der Waals surface area contributed by atoms with Gasteiger partial charge in [-0.3, -0.25) is 19.3 Å². The molecule has 0 spiro atoms. The van der Waals surface area contributed by atoms with E-state index in [1.807, 2.05) is 6.08 Å². The van der Waals surface area contributed by atoms with Crippen LogP contribution in [0.3, 0.4) is 0 Å². The molecule has 1 amide bonds. The third-order valence-corrected chi connectivity index (χ3v) is 21.1. The number of aliphatic imine (C=N–C) groups is 2. The molecule has 40 heteroatoms. The Morgan fingerprint density at radius 2 is 0.973 bits per heavy atom. The number of amides is 1.